The molecular formula is C20H20N4O4. The summed E-state index contributed by atoms with van der Waals surface area (Å²) in [6.45, 7) is 2.08. The van der Waals surface area contributed by atoms with Gasteiger partial charge in [0, 0.05) is 49.8 Å². The number of carboxylic acids is 1. The molecule has 0 spiro atoms. The van der Waals surface area contributed by atoms with Crippen LogP contribution >= 0.6 is 0 Å². The van der Waals surface area contributed by atoms with Gasteiger partial charge in [0.2, 0.25) is 5.91 Å². The summed E-state index contributed by atoms with van der Waals surface area (Å²) in [5.74, 6) is -0.215. The molecule has 0 atom stereocenters. The lowest BCUT2D eigenvalue weighted by Crippen LogP contribution is -2.34. The maximum Gasteiger partial charge on any atom is 0.328 e. The summed E-state index contributed by atoms with van der Waals surface area (Å²) in [6.07, 6.45) is 2.60. The van der Waals surface area contributed by atoms with Gasteiger partial charge in [-0.25, -0.2) is 9.78 Å². The van der Waals surface area contributed by atoms with Crippen LogP contribution in [0.2, 0.25) is 0 Å². The number of ether oxygens (including phenoxy) is 1. The number of carbonyl (C=O) groups excluding carboxylic acids is 1. The summed E-state index contributed by atoms with van der Waals surface area (Å²) in [5.41, 5.74) is 1.21. The molecule has 0 bridgehead atoms. The number of methoxy groups -OCH3 is 1. The van der Waals surface area contributed by atoms with E-state index in [4.69, 9.17) is 9.84 Å². The van der Waals surface area contributed by atoms with Crippen LogP contribution in [0.1, 0.15) is 12.0 Å². The predicted octanol–water partition coefficient (Wildman–Crippen LogP) is 1.79. The Bertz CT molecular complexity index is 980. The molecule has 1 amide bonds. The topological polar surface area (TPSA) is 107 Å². The Kier molecular flexibility index (Phi) is 5.75. The van der Waals surface area contributed by atoms with Crippen LogP contribution in [0.5, 0.6) is 5.75 Å². The third-order valence-electron chi connectivity index (χ3n) is 4.60. The third kappa shape index (κ3) is 4.20. The van der Waals surface area contributed by atoms with Crippen molar-refractivity contribution in [1.82, 2.24) is 9.88 Å². The summed E-state index contributed by atoms with van der Waals surface area (Å²) in [7, 11) is 1.59. The number of carbonyl (C=O) groups is 2. The summed E-state index contributed by atoms with van der Waals surface area (Å²) >= 11 is 0. The van der Waals surface area contributed by atoms with E-state index in [0.717, 1.165) is 23.1 Å². The minimum Gasteiger partial charge on any atom is -0.497 e. The molecule has 28 heavy (non-hydrogen) atoms. The van der Waals surface area contributed by atoms with Gasteiger partial charge in [-0.3, -0.25) is 4.79 Å². The number of rotatable bonds is 4. The van der Waals surface area contributed by atoms with Gasteiger partial charge >= 0.3 is 5.97 Å². The van der Waals surface area contributed by atoms with Crippen LogP contribution in [0.4, 0.5) is 5.82 Å². The van der Waals surface area contributed by atoms with Crippen molar-refractivity contribution in [3.8, 4) is 11.8 Å². The van der Waals surface area contributed by atoms with Crippen LogP contribution in [-0.4, -0.2) is 60.2 Å². The lowest BCUT2D eigenvalue weighted by atomic mass is 10.1. The van der Waals surface area contributed by atoms with Gasteiger partial charge in [0.25, 0.3) is 0 Å². The number of anilines is 1. The Hall–Kier alpha value is -3.60. The van der Waals surface area contributed by atoms with Crippen molar-refractivity contribution in [2.24, 2.45) is 0 Å². The van der Waals surface area contributed by atoms with Gasteiger partial charge < -0.3 is 19.6 Å². The number of fused-ring (bicyclic) bond motifs is 1. The zero-order chi connectivity index (χ0) is 20.1. The fraction of sp³-hybridized carbons (Fsp3) is 0.300. The molecule has 1 aliphatic rings. The Morgan fingerprint density at radius 3 is 2.75 bits per heavy atom. The van der Waals surface area contributed by atoms with Crippen LogP contribution in [0.15, 0.2) is 36.4 Å². The fourth-order valence-corrected chi connectivity index (χ4v) is 3.18. The first kappa shape index (κ1) is 19.2. The second-order valence-electron chi connectivity index (χ2n) is 6.37. The third-order valence-corrected chi connectivity index (χ3v) is 4.60. The van der Waals surface area contributed by atoms with E-state index in [0.29, 0.717) is 49.7 Å². The average Bonchev–Trinajstić information content (AvgIpc) is 2.96. The summed E-state index contributed by atoms with van der Waals surface area (Å²) in [6, 6.07) is 9.53. The van der Waals surface area contributed by atoms with Gasteiger partial charge in [0.1, 0.15) is 17.6 Å². The van der Waals surface area contributed by atoms with E-state index in [1.165, 1.54) is 0 Å². The lowest BCUT2D eigenvalue weighted by molar-refractivity contribution is -0.132. The Morgan fingerprint density at radius 1 is 1.21 bits per heavy atom. The minimum atomic E-state index is -1.15. The molecule has 1 aliphatic heterocycles. The number of hydrogen-bond acceptors (Lipinski definition) is 6. The molecule has 1 aromatic carbocycles. The number of aliphatic carboxylic acids is 1. The van der Waals surface area contributed by atoms with E-state index in [-0.39, 0.29) is 5.91 Å². The highest BCUT2D eigenvalue weighted by Crippen LogP contribution is 2.26. The minimum absolute atomic E-state index is 0.332. The van der Waals surface area contributed by atoms with Crippen LogP contribution < -0.4 is 9.64 Å². The number of pyridine rings is 1. The number of amides is 1. The highest BCUT2D eigenvalue weighted by Gasteiger charge is 2.21. The molecular weight excluding hydrogens is 360 g/mol. The van der Waals surface area contributed by atoms with Gasteiger partial charge in [-0.15, -0.1) is 0 Å². The van der Waals surface area contributed by atoms with E-state index in [9.17, 15) is 14.9 Å². The summed E-state index contributed by atoms with van der Waals surface area (Å²) in [4.78, 5) is 31.0. The van der Waals surface area contributed by atoms with Gasteiger partial charge in [-0.05, 0) is 24.6 Å². The molecule has 1 aromatic heterocycles. The number of carboxylic acid groups (broad SMARTS) is 1. The zero-order valence-electron chi connectivity index (χ0n) is 15.5. The standard InChI is InChI=1S/C20H20N4O4/c1-28-16-4-3-14-11-15(13-21)20(22-17(14)12-16)24-8-2-7-23(9-10-24)18(25)5-6-19(26)27/h3-6,11-12H,2,7-10H2,1H3,(H,26,27). The molecule has 3 rings (SSSR count). The van der Waals surface area contributed by atoms with Crippen molar-refractivity contribution in [1.29, 1.82) is 5.26 Å². The van der Waals surface area contributed by atoms with Crippen LogP contribution in [0.25, 0.3) is 10.9 Å². The molecule has 0 aliphatic carbocycles. The molecule has 0 unspecified atom stereocenters. The average molecular weight is 380 g/mol. The van der Waals surface area contributed by atoms with E-state index < -0.39 is 5.97 Å². The molecule has 1 saturated heterocycles. The SMILES string of the molecule is COc1ccc2cc(C#N)c(N3CCCN(C(=O)C=CC(=O)O)CC3)nc2c1. The van der Waals surface area contributed by atoms with Crippen molar-refractivity contribution >= 4 is 28.6 Å². The molecule has 1 fully saturated rings. The molecule has 1 N–H and O–H groups in total. The number of nitrogens with zero attached hydrogens (tertiary/aromatic N) is 4. The molecule has 2 heterocycles. The van der Waals surface area contributed by atoms with Gasteiger partial charge in [0.15, 0.2) is 0 Å². The zero-order valence-corrected chi connectivity index (χ0v) is 15.5. The highest BCUT2D eigenvalue weighted by molar-refractivity contribution is 5.94. The van der Waals surface area contributed by atoms with Gasteiger partial charge in [0.05, 0.1) is 18.2 Å². The van der Waals surface area contributed by atoms with E-state index in [2.05, 4.69) is 11.1 Å². The van der Waals surface area contributed by atoms with Crippen LogP contribution in [0.3, 0.4) is 0 Å². The van der Waals surface area contributed by atoms with Crippen LogP contribution in [0, 0.1) is 11.3 Å². The Labute approximate surface area is 162 Å². The normalized spacial score (nSPS) is 14.7. The fourth-order valence-electron chi connectivity index (χ4n) is 3.18. The van der Waals surface area contributed by atoms with Gasteiger partial charge in [-0.2, -0.15) is 5.26 Å². The first-order chi connectivity index (χ1) is 13.5. The number of hydrogen-bond donors (Lipinski definition) is 1. The van der Waals surface area contributed by atoms with Crippen molar-refractivity contribution in [3.63, 3.8) is 0 Å². The number of aromatic nitrogens is 1. The van der Waals surface area contributed by atoms with Crippen molar-refractivity contribution in [3.05, 3.63) is 42.0 Å². The maximum atomic E-state index is 12.1. The van der Waals surface area contributed by atoms with Crippen molar-refractivity contribution in [2.45, 2.75) is 6.42 Å². The highest BCUT2D eigenvalue weighted by atomic mass is 16.5. The number of nitriles is 1. The molecule has 8 nitrogen and oxygen atoms in total. The molecule has 0 radical (unpaired) electrons. The van der Waals surface area contributed by atoms with E-state index >= 15 is 0 Å². The maximum absolute atomic E-state index is 12.1. The molecule has 144 valence electrons. The van der Waals surface area contributed by atoms with Gasteiger partial charge in [-0.1, -0.05) is 0 Å². The lowest BCUT2D eigenvalue weighted by Gasteiger charge is -2.23. The van der Waals surface area contributed by atoms with Crippen molar-refractivity contribution in [2.75, 3.05) is 38.2 Å². The van der Waals surface area contributed by atoms with E-state index in [1.807, 2.05) is 23.1 Å². The first-order valence-electron chi connectivity index (χ1n) is 8.85. The van der Waals surface area contributed by atoms with Crippen LogP contribution in [-0.2, 0) is 9.59 Å². The molecule has 2 aromatic rings. The first-order valence-corrected chi connectivity index (χ1v) is 8.85. The Balaban J connectivity index is 1.85. The smallest absolute Gasteiger partial charge is 0.328 e. The number of benzene rings is 1. The molecule has 0 saturated carbocycles. The van der Waals surface area contributed by atoms with E-state index in [1.54, 1.807) is 18.1 Å². The Morgan fingerprint density at radius 2 is 2.04 bits per heavy atom. The quantitative estimate of drug-likeness (QED) is 0.806. The predicted molar refractivity (Wildman–Crippen MR) is 103 cm³/mol. The molecule has 8 heteroatoms. The largest absolute Gasteiger partial charge is 0.497 e. The second kappa shape index (κ2) is 8.39. The second-order valence-corrected chi connectivity index (χ2v) is 6.37. The van der Waals surface area contributed by atoms with Crippen molar-refractivity contribution < 1.29 is 19.4 Å². The monoisotopic (exact) mass is 380 g/mol. The summed E-state index contributed by atoms with van der Waals surface area (Å²) in [5, 5.41) is 19.1. The summed E-state index contributed by atoms with van der Waals surface area (Å²) < 4.78 is 5.25.